The molecule has 1 aliphatic carbocycles. The van der Waals surface area contributed by atoms with Crippen molar-refractivity contribution in [3.8, 4) is 0 Å². The largest absolute Gasteiger partial charge is 0.480 e. The van der Waals surface area contributed by atoms with E-state index in [1.165, 1.54) is 12.3 Å². The molecule has 6 heteroatoms. The van der Waals surface area contributed by atoms with E-state index >= 15 is 0 Å². The first-order chi connectivity index (χ1) is 7.53. The second kappa shape index (κ2) is 3.48. The van der Waals surface area contributed by atoms with Crippen molar-refractivity contribution in [2.24, 2.45) is 0 Å². The van der Waals surface area contributed by atoms with Gasteiger partial charge in [0, 0.05) is 0 Å². The van der Waals surface area contributed by atoms with E-state index in [9.17, 15) is 9.59 Å². The quantitative estimate of drug-likeness (QED) is 0.666. The zero-order valence-corrected chi connectivity index (χ0v) is 8.43. The first-order valence-electron chi connectivity index (χ1n) is 4.81. The molecule has 1 heterocycles. The number of nitrogen functional groups attached to an aromatic ring is 1. The van der Waals surface area contributed by atoms with E-state index < -0.39 is 17.4 Å². The van der Waals surface area contributed by atoms with Gasteiger partial charge >= 0.3 is 5.97 Å². The minimum Gasteiger partial charge on any atom is -0.480 e. The Balaban J connectivity index is 2.09. The van der Waals surface area contributed by atoms with Crippen LogP contribution in [0.25, 0.3) is 0 Å². The monoisotopic (exact) mass is 221 g/mol. The maximum Gasteiger partial charge on any atom is 0.329 e. The molecule has 0 aliphatic heterocycles. The van der Waals surface area contributed by atoms with Crippen LogP contribution in [0, 0.1) is 0 Å². The van der Waals surface area contributed by atoms with Gasteiger partial charge in [-0.1, -0.05) is 0 Å². The number of carboxylic acid groups (broad SMARTS) is 1. The molecule has 1 aromatic rings. The van der Waals surface area contributed by atoms with Crippen LogP contribution in [-0.4, -0.2) is 27.5 Å². The molecular weight excluding hydrogens is 210 g/mol. The number of carbonyl (C=O) groups excluding carboxylic acids is 1. The molecule has 0 bridgehead atoms. The van der Waals surface area contributed by atoms with Gasteiger partial charge in [0.25, 0.3) is 5.91 Å². The number of carbonyl (C=O) groups is 2. The Labute approximate surface area is 91.5 Å². The Morgan fingerprint density at radius 3 is 2.56 bits per heavy atom. The van der Waals surface area contributed by atoms with Gasteiger partial charge in [-0.05, 0) is 25.0 Å². The molecule has 1 saturated carbocycles. The van der Waals surface area contributed by atoms with Crippen molar-refractivity contribution in [1.82, 2.24) is 10.3 Å². The number of amides is 1. The summed E-state index contributed by atoms with van der Waals surface area (Å²) >= 11 is 0. The molecule has 16 heavy (non-hydrogen) atoms. The highest BCUT2D eigenvalue weighted by Gasteiger charge is 2.51. The third-order valence-corrected chi connectivity index (χ3v) is 2.53. The Hall–Kier alpha value is -2.11. The Kier molecular flexibility index (Phi) is 2.26. The predicted octanol–water partition coefficient (Wildman–Crippen LogP) is 0.0108. The lowest BCUT2D eigenvalue weighted by Crippen LogP contribution is -2.43. The molecule has 0 radical (unpaired) electrons. The first-order valence-corrected chi connectivity index (χ1v) is 4.81. The fourth-order valence-electron chi connectivity index (χ4n) is 1.34. The zero-order chi connectivity index (χ0) is 11.8. The van der Waals surface area contributed by atoms with Gasteiger partial charge in [0.15, 0.2) is 0 Å². The minimum absolute atomic E-state index is 0.168. The van der Waals surface area contributed by atoms with E-state index in [0.717, 1.165) is 0 Å². The summed E-state index contributed by atoms with van der Waals surface area (Å²) in [6, 6.07) is 3.00. The topological polar surface area (TPSA) is 105 Å². The van der Waals surface area contributed by atoms with Crippen molar-refractivity contribution in [3.05, 3.63) is 24.0 Å². The number of hydrogen-bond acceptors (Lipinski definition) is 4. The summed E-state index contributed by atoms with van der Waals surface area (Å²) < 4.78 is 0. The van der Waals surface area contributed by atoms with E-state index in [1.54, 1.807) is 6.07 Å². The second-order valence-electron chi connectivity index (χ2n) is 3.82. The number of nitrogens with one attached hydrogen (secondary N) is 1. The fourth-order valence-corrected chi connectivity index (χ4v) is 1.34. The summed E-state index contributed by atoms with van der Waals surface area (Å²) in [7, 11) is 0. The van der Waals surface area contributed by atoms with Crippen LogP contribution in [0.4, 0.5) is 5.69 Å². The fraction of sp³-hybridized carbons (Fsp3) is 0.300. The number of pyridine rings is 1. The standard InChI is InChI=1S/C10H11N3O3/c11-6-1-2-7(12-5-6)8(14)13-10(3-4-10)9(15)16/h1-2,5H,3-4,11H2,(H,13,14)(H,15,16). The molecule has 0 spiro atoms. The Morgan fingerprint density at radius 1 is 1.44 bits per heavy atom. The van der Waals surface area contributed by atoms with Crippen molar-refractivity contribution in [1.29, 1.82) is 0 Å². The van der Waals surface area contributed by atoms with Crippen molar-refractivity contribution in [2.45, 2.75) is 18.4 Å². The number of carboxylic acids is 1. The van der Waals surface area contributed by atoms with E-state index in [2.05, 4.69) is 10.3 Å². The normalized spacial score (nSPS) is 16.5. The number of hydrogen-bond donors (Lipinski definition) is 3. The van der Waals surface area contributed by atoms with Gasteiger partial charge in [-0.2, -0.15) is 0 Å². The first kappa shape index (κ1) is 10.4. The molecule has 0 atom stereocenters. The van der Waals surface area contributed by atoms with Crippen molar-refractivity contribution < 1.29 is 14.7 Å². The van der Waals surface area contributed by atoms with Gasteiger partial charge in [0.05, 0.1) is 11.9 Å². The Morgan fingerprint density at radius 2 is 2.12 bits per heavy atom. The van der Waals surface area contributed by atoms with E-state index in [0.29, 0.717) is 18.5 Å². The summed E-state index contributed by atoms with van der Waals surface area (Å²) in [5.41, 5.74) is 4.97. The van der Waals surface area contributed by atoms with Crippen LogP contribution in [0.2, 0.25) is 0 Å². The van der Waals surface area contributed by atoms with E-state index in [4.69, 9.17) is 10.8 Å². The molecule has 1 amide bonds. The highest BCUT2D eigenvalue weighted by molar-refractivity contribution is 5.97. The number of nitrogens with zero attached hydrogens (tertiary/aromatic N) is 1. The number of aromatic nitrogens is 1. The van der Waals surface area contributed by atoms with Crippen LogP contribution in [0.1, 0.15) is 23.3 Å². The van der Waals surface area contributed by atoms with Gasteiger partial charge in [-0.25, -0.2) is 9.78 Å². The molecule has 0 unspecified atom stereocenters. The lowest BCUT2D eigenvalue weighted by Gasteiger charge is -2.11. The second-order valence-corrected chi connectivity index (χ2v) is 3.82. The molecule has 0 saturated heterocycles. The lowest BCUT2D eigenvalue weighted by molar-refractivity contribution is -0.140. The van der Waals surface area contributed by atoms with Gasteiger partial charge in [-0.3, -0.25) is 4.79 Å². The molecule has 1 aliphatic rings. The summed E-state index contributed by atoms with van der Waals surface area (Å²) in [6.07, 6.45) is 2.28. The third-order valence-electron chi connectivity index (χ3n) is 2.53. The van der Waals surface area contributed by atoms with Crippen LogP contribution in [0.3, 0.4) is 0 Å². The summed E-state index contributed by atoms with van der Waals surface area (Å²) in [4.78, 5) is 26.3. The summed E-state index contributed by atoms with van der Waals surface area (Å²) in [5.74, 6) is -1.49. The number of aliphatic carboxylic acids is 1. The predicted molar refractivity (Wildman–Crippen MR) is 55.7 cm³/mol. The van der Waals surface area contributed by atoms with E-state index in [-0.39, 0.29) is 5.69 Å². The highest BCUT2D eigenvalue weighted by Crippen LogP contribution is 2.35. The SMILES string of the molecule is Nc1ccc(C(=O)NC2(C(=O)O)CC2)nc1. The van der Waals surface area contributed by atoms with Crippen LogP contribution < -0.4 is 11.1 Å². The zero-order valence-electron chi connectivity index (χ0n) is 8.43. The smallest absolute Gasteiger partial charge is 0.329 e. The molecule has 4 N–H and O–H groups in total. The number of rotatable bonds is 3. The summed E-state index contributed by atoms with van der Waals surface area (Å²) in [6.45, 7) is 0. The minimum atomic E-state index is -1.08. The Bertz CT molecular complexity index is 437. The molecule has 1 aromatic heterocycles. The molecule has 6 nitrogen and oxygen atoms in total. The highest BCUT2D eigenvalue weighted by atomic mass is 16.4. The molecule has 2 rings (SSSR count). The van der Waals surface area contributed by atoms with Gasteiger partial charge < -0.3 is 16.2 Å². The average molecular weight is 221 g/mol. The number of anilines is 1. The average Bonchev–Trinajstić information content (AvgIpc) is 3.00. The number of nitrogens with two attached hydrogens (primary N) is 1. The molecule has 84 valence electrons. The molecule has 0 aromatic carbocycles. The van der Waals surface area contributed by atoms with Crippen molar-refractivity contribution in [2.75, 3.05) is 5.73 Å². The van der Waals surface area contributed by atoms with Crippen LogP contribution in [0.15, 0.2) is 18.3 Å². The van der Waals surface area contributed by atoms with Gasteiger partial charge in [0.2, 0.25) is 0 Å². The van der Waals surface area contributed by atoms with E-state index in [1.807, 2.05) is 0 Å². The van der Waals surface area contributed by atoms with Gasteiger partial charge in [0.1, 0.15) is 11.2 Å². The maximum absolute atomic E-state index is 11.6. The van der Waals surface area contributed by atoms with Crippen molar-refractivity contribution in [3.63, 3.8) is 0 Å². The van der Waals surface area contributed by atoms with Gasteiger partial charge in [-0.15, -0.1) is 0 Å². The third kappa shape index (κ3) is 1.81. The summed E-state index contributed by atoms with van der Waals surface area (Å²) in [5, 5.41) is 11.3. The van der Waals surface area contributed by atoms with Crippen molar-refractivity contribution >= 4 is 17.6 Å². The van der Waals surface area contributed by atoms with Crippen LogP contribution in [0.5, 0.6) is 0 Å². The lowest BCUT2D eigenvalue weighted by atomic mass is 10.2. The maximum atomic E-state index is 11.6. The molecule has 1 fully saturated rings. The van der Waals surface area contributed by atoms with Crippen LogP contribution >= 0.6 is 0 Å². The van der Waals surface area contributed by atoms with Crippen LogP contribution in [-0.2, 0) is 4.79 Å². The molecular formula is C10H11N3O3.